The molecule has 12 aromatic rings. The maximum atomic E-state index is 2.52. The highest BCUT2D eigenvalue weighted by Crippen LogP contribution is 2.62. The highest BCUT2D eigenvalue weighted by molar-refractivity contribution is 7.99. The van der Waals surface area contributed by atoms with Gasteiger partial charge < -0.3 is 9.47 Å². The van der Waals surface area contributed by atoms with Crippen LogP contribution in [-0.4, -0.2) is 4.57 Å². The molecule has 2 nitrogen and oxygen atoms in total. The van der Waals surface area contributed by atoms with E-state index < -0.39 is 5.41 Å². The number of aromatic nitrogens is 1. The molecule has 0 amide bonds. The molecule has 1 aliphatic carbocycles. The zero-order valence-corrected chi connectivity index (χ0v) is 35.6. The van der Waals surface area contributed by atoms with Gasteiger partial charge in [0.05, 0.1) is 22.1 Å². The summed E-state index contributed by atoms with van der Waals surface area (Å²) in [5, 5.41) is 7.66. The summed E-state index contributed by atoms with van der Waals surface area (Å²) in [6, 6.07) is 81.7. The number of nitrogens with zero attached hydrogens (tertiary/aromatic N) is 2. The zero-order chi connectivity index (χ0) is 41.2. The summed E-state index contributed by atoms with van der Waals surface area (Å²) in [7, 11) is 0. The minimum atomic E-state index is -0.510. The van der Waals surface area contributed by atoms with Crippen LogP contribution in [0.3, 0.4) is 0 Å². The first-order chi connectivity index (χ1) is 31.3. The van der Waals surface area contributed by atoms with Crippen LogP contribution in [-0.2, 0) is 5.41 Å². The van der Waals surface area contributed by atoms with Crippen LogP contribution in [0.15, 0.2) is 228 Å². The van der Waals surface area contributed by atoms with Crippen LogP contribution in [0.2, 0.25) is 0 Å². The molecule has 0 unspecified atom stereocenters. The van der Waals surface area contributed by atoms with Gasteiger partial charge in [0.25, 0.3) is 0 Å². The van der Waals surface area contributed by atoms with Gasteiger partial charge >= 0.3 is 0 Å². The van der Waals surface area contributed by atoms with Gasteiger partial charge in [0, 0.05) is 57.8 Å². The predicted octanol–water partition coefficient (Wildman–Crippen LogP) is 16.6. The lowest BCUT2D eigenvalue weighted by molar-refractivity contribution is 0.707. The van der Waals surface area contributed by atoms with E-state index in [0.29, 0.717) is 0 Å². The maximum Gasteiger partial charge on any atom is 0.0735 e. The molecule has 63 heavy (non-hydrogen) atoms. The van der Waals surface area contributed by atoms with Crippen molar-refractivity contribution in [2.75, 3.05) is 4.90 Å². The molecule has 10 aromatic carbocycles. The van der Waals surface area contributed by atoms with Gasteiger partial charge in [-0.25, -0.2) is 0 Å². The molecular weight excluding hydrogens is 801 g/mol. The van der Waals surface area contributed by atoms with Crippen molar-refractivity contribution in [1.82, 2.24) is 4.57 Å². The van der Waals surface area contributed by atoms with E-state index in [1.165, 1.54) is 102 Å². The second kappa shape index (κ2) is 13.3. The zero-order valence-electron chi connectivity index (χ0n) is 34.0. The van der Waals surface area contributed by atoms with Crippen LogP contribution < -0.4 is 4.90 Å². The van der Waals surface area contributed by atoms with E-state index in [1.54, 1.807) is 0 Å². The molecule has 294 valence electrons. The maximum absolute atomic E-state index is 2.52. The lowest BCUT2D eigenvalue weighted by Crippen LogP contribution is -2.36. The number of rotatable bonds is 4. The Labute approximate surface area is 372 Å². The number of hydrogen-bond acceptors (Lipinski definition) is 3. The Morgan fingerprint density at radius 1 is 0.397 bits per heavy atom. The second-order valence-corrected chi connectivity index (χ2v) is 18.9. The molecule has 0 saturated heterocycles. The topological polar surface area (TPSA) is 8.17 Å². The lowest BCUT2D eigenvalue weighted by Gasteiger charge is -2.46. The number of thiophene rings is 1. The molecule has 14 rings (SSSR count). The molecule has 2 aliphatic rings. The number of para-hydroxylation sites is 2. The number of anilines is 3. The Bertz CT molecular complexity index is 3850. The minimum absolute atomic E-state index is 0.510. The van der Waals surface area contributed by atoms with E-state index in [2.05, 4.69) is 228 Å². The Morgan fingerprint density at radius 2 is 1.05 bits per heavy atom. The van der Waals surface area contributed by atoms with Crippen molar-refractivity contribution in [3.8, 4) is 16.8 Å². The molecule has 0 N–H and O–H groups in total. The fourth-order valence-electron chi connectivity index (χ4n) is 11.1. The van der Waals surface area contributed by atoms with Crippen molar-refractivity contribution in [2.24, 2.45) is 0 Å². The SMILES string of the molecule is c1ccc(-n2c3ccccc3c3ccc(N(c4ccc5c(c4)Sc4ccccc4[C@@]54c5ccccc5-c5cccc6cccc4c56)c4cccc5sc6ccccc6c45)cc32)cc1. The van der Waals surface area contributed by atoms with E-state index in [0.717, 1.165) is 17.1 Å². The smallest absolute Gasteiger partial charge is 0.0735 e. The van der Waals surface area contributed by atoms with Crippen molar-refractivity contribution in [3.63, 3.8) is 0 Å². The van der Waals surface area contributed by atoms with E-state index >= 15 is 0 Å². The third-order valence-corrected chi connectivity index (χ3v) is 15.9. The van der Waals surface area contributed by atoms with Crippen LogP contribution in [0.25, 0.3) is 69.6 Å². The van der Waals surface area contributed by atoms with Gasteiger partial charge in [-0.15, -0.1) is 11.3 Å². The van der Waals surface area contributed by atoms with Crippen molar-refractivity contribution < 1.29 is 0 Å². The average molecular weight is 837 g/mol. The number of benzene rings is 10. The molecule has 0 bridgehead atoms. The molecule has 1 atom stereocenters. The fraction of sp³-hybridized carbons (Fsp3) is 0.0169. The van der Waals surface area contributed by atoms with Crippen molar-refractivity contribution in [3.05, 3.63) is 241 Å². The molecule has 0 radical (unpaired) electrons. The van der Waals surface area contributed by atoms with E-state index in [4.69, 9.17) is 0 Å². The Hall–Kier alpha value is -7.37. The van der Waals surface area contributed by atoms with Gasteiger partial charge in [0.15, 0.2) is 0 Å². The Balaban J connectivity index is 1.07. The van der Waals surface area contributed by atoms with Crippen molar-refractivity contribution in [1.29, 1.82) is 0 Å². The van der Waals surface area contributed by atoms with Gasteiger partial charge in [-0.2, -0.15) is 0 Å². The highest BCUT2D eigenvalue weighted by atomic mass is 32.2. The summed E-state index contributed by atoms with van der Waals surface area (Å²) in [6.07, 6.45) is 0. The molecular formula is C59H36N2S2. The van der Waals surface area contributed by atoms with Gasteiger partial charge in [-0.05, 0) is 111 Å². The molecule has 2 aromatic heterocycles. The van der Waals surface area contributed by atoms with Gasteiger partial charge in [-0.1, -0.05) is 163 Å². The number of hydrogen-bond donors (Lipinski definition) is 0. The lowest BCUT2D eigenvalue weighted by atomic mass is 9.59. The molecule has 3 heterocycles. The monoisotopic (exact) mass is 836 g/mol. The fourth-order valence-corrected chi connectivity index (χ4v) is 13.5. The molecule has 1 spiro atoms. The molecule has 0 saturated carbocycles. The van der Waals surface area contributed by atoms with Crippen LogP contribution >= 0.6 is 23.1 Å². The van der Waals surface area contributed by atoms with E-state index in [-0.39, 0.29) is 0 Å². The summed E-state index contributed by atoms with van der Waals surface area (Å²) in [5.74, 6) is 0. The summed E-state index contributed by atoms with van der Waals surface area (Å²) in [4.78, 5) is 5.08. The quantitative estimate of drug-likeness (QED) is 0.174. The summed E-state index contributed by atoms with van der Waals surface area (Å²) in [5.41, 5.74) is 14.4. The molecule has 1 aliphatic heterocycles. The third-order valence-electron chi connectivity index (χ3n) is 13.6. The van der Waals surface area contributed by atoms with Crippen molar-refractivity contribution >= 4 is 92.9 Å². The first-order valence-corrected chi connectivity index (χ1v) is 23.2. The van der Waals surface area contributed by atoms with Crippen LogP contribution in [0.1, 0.15) is 22.3 Å². The summed E-state index contributed by atoms with van der Waals surface area (Å²) in [6.45, 7) is 0. The second-order valence-electron chi connectivity index (χ2n) is 16.8. The predicted molar refractivity (Wildman–Crippen MR) is 267 cm³/mol. The minimum Gasteiger partial charge on any atom is -0.310 e. The van der Waals surface area contributed by atoms with Gasteiger partial charge in [0.2, 0.25) is 0 Å². The Morgan fingerprint density at radius 3 is 1.97 bits per heavy atom. The van der Waals surface area contributed by atoms with Crippen LogP contribution in [0, 0.1) is 0 Å². The largest absolute Gasteiger partial charge is 0.310 e. The first kappa shape index (κ1) is 35.2. The third kappa shape index (κ3) is 4.85. The van der Waals surface area contributed by atoms with E-state index in [9.17, 15) is 0 Å². The molecule has 4 heteroatoms. The molecule has 0 fully saturated rings. The summed E-state index contributed by atoms with van der Waals surface area (Å²) >= 11 is 3.77. The average Bonchev–Trinajstić information content (AvgIpc) is 3.89. The normalized spacial score (nSPS) is 15.0. The Kier molecular flexibility index (Phi) is 7.45. The van der Waals surface area contributed by atoms with E-state index in [1.807, 2.05) is 23.1 Å². The highest BCUT2D eigenvalue weighted by Gasteiger charge is 2.48. The van der Waals surface area contributed by atoms with Crippen molar-refractivity contribution in [2.45, 2.75) is 15.2 Å². The van der Waals surface area contributed by atoms with Gasteiger partial charge in [0.1, 0.15) is 0 Å². The first-order valence-electron chi connectivity index (χ1n) is 21.6. The summed E-state index contributed by atoms with van der Waals surface area (Å²) < 4.78 is 5.00. The van der Waals surface area contributed by atoms with Crippen LogP contribution in [0.4, 0.5) is 17.1 Å². The number of fused-ring (bicyclic) bond motifs is 14. The van der Waals surface area contributed by atoms with Gasteiger partial charge in [-0.3, -0.25) is 0 Å². The standard InChI is InChI=1S/C59H36N2S2/c1-2-17-38(18-3-1)61-50-26-9-5-20-42(50)43-33-31-39(35-52(43)61)60(51-27-14-30-55-58(51)45-21-6-10-28-53(45)62-55)40-32-34-48-56(36-40)63-54-29-11-8-24-47(54)59(48)46-23-7-4-19-41(46)44-22-12-15-37-16-13-25-49(59)57(37)44/h1-36H/t59-/m0/s1. The van der Waals surface area contributed by atoms with Crippen LogP contribution in [0.5, 0.6) is 0 Å².